The minimum Gasteiger partial charge on any atom is -0.373 e. The van der Waals surface area contributed by atoms with Gasteiger partial charge in [0, 0.05) is 0 Å². The molecule has 1 aromatic carbocycles. The maximum Gasteiger partial charge on any atom is 0.266 e. The molecule has 1 aliphatic heterocycles. The predicted octanol–water partition coefficient (Wildman–Crippen LogP) is 6.86. The first-order chi connectivity index (χ1) is 12.7. The molecule has 2 atom stereocenters. The first-order valence-corrected chi connectivity index (χ1v) is 10.00. The summed E-state index contributed by atoms with van der Waals surface area (Å²) in [5.41, 5.74) is 2.62. The third kappa shape index (κ3) is 5.26. The summed E-state index contributed by atoms with van der Waals surface area (Å²) in [7, 11) is 0. The fourth-order valence-corrected chi connectivity index (χ4v) is 4.54. The highest BCUT2D eigenvalue weighted by molar-refractivity contribution is 5.25. The van der Waals surface area contributed by atoms with E-state index in [-0.39, 0.29) is 12.0 Å². The van der Waals surface area contributed by atoms with E-state index < -0.39 is 6.08 Å². The molecular formula is C23H30F2O. The molecule has 0 spiro atoms. The molecule has 1 aliphatic carbocycles. The van der Waals surface area contributed by atoms with E-state index in [0.717, 1.165) is 57.6 Å². The van der Waals surface area contributed by atoms with Crippen LogP contribution in [-0.2, 0) is 11.2 Å². The van der Waals surface area contributed by atoms with E-state index in [1.807, 2.05) is 6.08 Å². The van der Waals surface area contributed by atoms with Crippen LogP contribution in [0.1, 0.15) is 62.2 Å². The van der Waals surface area contributed by atoms with Gasteiger partial charge in [-0.1, -0.05) is 30.3 Å². The summed E-state index contributed by atoms with van der Waals surface area (Å²) in [6.07, 6.45) is 10.0. The zero-order valence-corrected chi connectivity index (χ0v) is 15.5. The Hall–Kier alpha value is -1.48. The standard InChI is InChI=1S/C23H30F2O/c1-2-3-4-17-5-11-20(12-6-17)22-14-13-21(16-26-22)19-9-7-18(8-10-19)15-23(24)25/h2,5-6,11-12,15,18-19,21-22H,1,3-4,7-10,13-14,16H2. The van der Waals surface area contributed by atoms with Crippen molar-refractivity contribution in [2.75, 3.05) is 6.61 Å². The molecule has 1 saturated carbocycles. The van der Waals surface area contributed by atoms with E-state index in [2.05, 4.69) is 30.8 Å². The molecule has 3 heteroatoms. The number of hydrogen-bond donors (Lipinski definition) is 0. The minimum absolute atomic E-state index is 0.0770. The number of halogens is 2. The summed E-state index contributed by atoms with van der Waals surface area (Å²) >= 11 is 0. The molecule has 0 N–H and O–H groups in total. The van der Waals surface area contributed by atoms with Crippen molar-refractivity contribution in [3.63, 3.8) is 0 Å². The van der Waals surface area contributed by atoms with Crippen LogP contribution in [0.25, 0.3) is 0 Å². The molecule has 26 heavy (non-hydrogen) atoms. The molecule has 2 unspecified atom stereocenters. The van der Waals surface area contributed by atoms with Crippen molar-refractivity contribution in [3.8, 4) is 0 Å². The molecule has 0 bridgehead atoms. The van der Waals surface area contributed by atoms with Gasteiger partial charge in [0.05, 0.1) is 12.7 Å². The van der Waals surface area contributed by atoms with Crippen molar-refractivity contribution >= 4 is 0 Å². The zero-order valence-electron chi connectivity index (χ0n) is 15.5. The van der Waals surface area contributed by atoms with Crippen LogP contribution in [0.4, 0.5) is 8.78 Å². The summed E-state index contributed by atoms with van der Waals surface area (Å²) in [6.45, 7) is 4.58. The largest absolute Gasteiger partial charge is 0.373 e. The van der Waals surface area contributed by atoms with E-state index in [0.29, 0.717) is 11.8 Å². The molecule has 0 amide bonds. The summed E-state index contributed by atoms with van der Waals surface area (Å²) < 4.78 is 31.0. The SMILES string of the molecule is C=CCCc1ccc(C2CCC(C3CCC(C=C(F)F)CC3)CO2)cc1. The molecule has 1 heterocycles. The lowest BCUT2D eigenvalue weighted by Crippen LogP contribution is -2.29. The van der Waals surface area contributed by atoms with Crippen LogP contribution in [0.5, 0.6) is 0 Å². The summed E-state index contributed by atoms with van der Waals surface area (Å²) in [5, 5.41) is 0. The number of rotatable bonds is 6. The van der Waals surface area contributed by atoms with Gasteiger partial charge < -0.3 is 4.74 Å². The Morgan fingerprint density at radius 1 is 1.00 bits per heavy atom. The number of benzene rings is 1. The van der Waals surface area contributed by atoms with Crippen LogP contribution in [-0.4, -0.2) is 6.61 Å². The van der Waals surface area contributed by atoms with Crippen LogP contribution >= 0.6 is 0 Å². The third-order valence-electron chi connectivity index (χ3n) is 6.14. The van der Waals surface area contributed by atoms with E-state index in [9.17, 15) is 8.78 Å². The molecule has 1 saturated heterocycles. The van der Waals surface area contributed by atoms with Crippen molar-refractivity contribution in [2.45, 2.75) is 57.5 Å². The first-order valence-electron chi connectivity index (χ1n) is 10.00. The van der Waals surface area contributed by atoms with Crippen molar-refractivity contribution in [3.05, 3.63) is 60.2 Å². The molecule has 1 aromatic rings. The summed E-state index contributed by atoms with van der Waals surface area (Å²) in [5.74, 6) is 1.32. The molecule has 0 radical (unpaired) electrons. The average molecular weight is 360 g/mol. The normalized spacial score (nSPS) is 29.2. The summed E-state index contributed by atoms with van der Waals surface area (Å²) in [6, 6.07) is 8.80. The lowest BCUT2D eigenvalue weighted by Gasteiger charge is -2.37. The molecule has 2 fully saturated rings. The van der Waals surface area contributed by atoms with E-state index in [4.69, 9.17) is 4.74 Å². The Labute approximate surface area is 156 Å². The predicted molar refractivity (Wildman–Crippen MR) is 102 cm³/mol. The maximum atomic E-state index is 12.4. The van der Waals surface area contributed by atoms with Crippen molar-refractivity contribution in [2.24, 2.45) is 17.8 Å². The first kappa shape index (κ1) is 19.3. The van der Waals surface area contributed by atoms with Crippen LogP contribution < -0.4 is 0 Å². The van der Waals surface area contributed by atoms with Gasteiger partial charge in [-0.05, 0) is 86.3 Å². The highest BCUT2D eigenvalue weighted by Crippen LogP contribution is 2.41. The van der Waals surface area contributed by atoms with Gasteiger partial charge in [-0.25, -0.2) is 0 Å². The number of hydrogen-bond acceptors (Lipinski definition) is 1. The fraction of sp³-hybridized carbons (Fsp3) is 0.565. The quantitative estimate of drug-likeness (QED) is 0.504. The second-order valence-corrected chi connectivity index (χ2v) is 7.86. The lowest BCUT2D eigenvalue weighted by molar-refractivity contribution is -0.0396. The highest BCUT2D eigenvalue weighted by atomic mass is 19.3. The molecule has 142 valence electrons. The molecule has 3 rings (SSSR count). The highest BCUT2D eigenvalue weighted by Gasteiger charge is 2.31. The molecule has 1 nitrogen and oxygen atoms in total. The fourth-order valence-electron chi connectivity index (χ4n) is 4.54. The Morgan fingerprint density at radius 3 is 2.27 bits per heavy atom. The van der Waals surface area contributed by atoms with Gasteiger partial charge in [-0.15, -0.1) is 6.58 Å². The van der Waals surface area contributed by atoms with Crippen LogP contribution in [0, 0.1) is 17.8 Å². The van der Waals surface area contributed by atoms with Crippen LogP contribution in [0.3, 0.4) is 0 Å². The topological polar surface area (TPSA) is 9.23 Å². The van der Waals surface area contributed by atoms with Gasteiger partial charge in [-0.2, -0.15) is 8.78 Å². The monoisotopic (exact) mass is 360 g/mol. The van der Waals surface area contributed by atoms with E-state index >= 15 is 0 Å². The van der Waals surface area contributed by atoms with Gasteiger partial charge in [0.25, 0.3) is 6.08 Å². The summed E-state index contributed by atoms with van der Waals surface area (Å²) in [4.78, 5) is 0. The lowest BCUT2D eigenvalue weighted by atomic mass is 9.73. The van der Waals surface area contributed by atoms with Gasteiger partial charge in [0.2, 0.25) is 0 Å². The van der Waals surface area contributed by atoms with Crippen LogP contribution in [0.15, 0.2) is 49.1 Å². The molecular weight excluding hydrogens is 330 g/mol. The van der Waals surface area contributed by atoms with Gasteiger partial charge in [0.1, 0.15) is 0 Å². The Balaban J connectivity index is 1.46. The van der Waals surface area contributed by atoms with Crippen molar-refractivity contribution in [1.82, 2.24) is 0 Å². The second-order valence-electron chi connectivity index (χ2n) is 7.86. The van der Waals surface area contributed by atoms with E-state index in [1.165, 1.54) is 17.5 Å². The van der Waals surface area contributed by atoms with Gasteiger partial charge in [0.15, 0.2) is 0 Å². The maximum absolute atomic E-state index is 12.4. The van der Waals surface area contributed by atoms with Crippen LogP contribution in [0.2, 0.25) is 0 Å². The Morgan fingerprint density at radius 2 is 1.69 bits per heavy atom. The van der Waals surface area contributed by atoms with Gasteiger partial charge >= 0.3 is 0 Å². The Bertz CT molecular complexity index is 587. The average Bonchev–Trinajstić information content (AvgIpc) is 2.67. The third-order valence-corrected chi connectivity index (χ3v) is 6.14. The minimum atomic E-state index is -1.52. The van der Waals surface area contributed by atoms with E-state index in [1.54, 1.807) is 0 Å². The molecule has 0 aromatic heterocycles. The van der Waals surface area contributed by atoms with Gasteiger partial charge in [-0.3, -0.25) is 0 Å². The smallest absolute Gasteiger partial charge is 0.266 e. The number of ether oxygens (including phenoxy) is 1. The zero-order chi connectivity index (χ0) is 18.4. The molecule has 2 aliphatic rings. The number of allylic oxidation sites excluding steroid dienone is 2. The number of aryl methyl sites for hydroxylation is 1. The van der Waals surface area contributed by atoms with Crippen molar-refractivity contribution < 1.29 is 13.5 Å². The second kappa shape index (κ2) is 9.45. The van der Waals surface area contributed by atoms with Crippen molar-refractivity contribution in [1.29, 1.82) is 0 Å². The Kier molecular flexibility index (Phi) is 7.01.